The number of aryl methyl sites for hydroxylation is 2. The molecule has 0 aliphatic carbocycles. The summed E-state index contributed by atoms with van der Waals surface area (Å²) >= 11 is 0. The minimum absolute atomic E-state index is 0.0537. The van der Waals surface area contributed by atoms with Gasteiger partial charge in [0, 0.05) is 0 Å². The lowest BCUT2D eigenvalue weighted by Crippen LogP contribution is -2.13. The average molecular weight is 264 g/mol. The third-order valence-electron chi connectivity index (χ3n) is 3.27. The Balaban J connectivity index is 2.78. The molecule has 3 heteroatoms. The molecule has 0 aromatic heterocycles. The van der Waals surface area contributed by atoms with Crippen molar-refractivity contribution in [2.45, 2.75) is 53.1 Å². The van der Waals surface area contributed by atoms with Gasteiger partial charge < -0.3 is 9.84 Å². The van der Waals surface area contributed by atoms with Crippen molar-refractivity contribution in [1.29, 1.82) is 0 Å². The summed E-state index contributed by atoms with van der Waals surface area (Å²) in [5.41, 5.74) is 5.04. The van der Waals surface area contributed by atoms with E-state index in [9.17, 15) is 4.79 Å². The summed E-state index contributed by atoms with van der Waals surface area (Å²) in [6.07, 6.45) is 0.0537. The Labute approximate surface area is 115 Å². The second-order valence-corrected chi connectivity index (χ2v) is 6.03. The molecule has 1 aromatic carbocycles. The molecule has 19 heavy (non-hydrogen) atoms. The zero-order valence-corrected chi connectivity index (χ0v) is 12.5. The molecule has 0 saturated carbocycles. The van der Waals surface area contributed by atoms with Crippen LogP contribution in [0.1, 0.15) is 49.4 Å². The molecule has 0 spiro atoms. The molecular formula is C16H24O3. The minimum Gasteiger partial charge on any atom is -0.481 e. The molecule has 3 nitrogen and oxygen atoms in total. The van der Waals surface area contributed by atoms with Crippen molar-refractivity contribution in [2.75, 3.05) is 6.61 Å². The Hall–Kier alpha value is -1.35. The van der Waals surface area contributed by atoms with E-state index in [1.807, 2.05) is 0 Å². The van der Waals surface area contributed by atoms with Gasteiger partial charge in [-0.3, -0.25) is 4.79 Å². The van der Waals surface area contributed by atoms with E-state index in [0.29, 0.717) is 6.61 Å². The Bertz CT molecular complexity index is 433. The molecule has 0 amide bonds. The van der Waals surface area contributed by atoms with Crippen LogP contribution in [0.25, 0.3) is 0 Å². The Kier molecular flexibility index (Phi) is 5.12. The number of carboxylic acids is 1. The molecule has 0 atom stereocenters. The largest absolute Gasteiger partial charge is 0.481 e. The zero-order chi connectivity index (χ0) is 14.6. The molecule has 0 saturated heterocycles. The van der Waals surface area contributed by atoms with Gasteiger partial charge in [-0.15, -0.1) is 0 Å². The van der Waals surface area contributed by atoms with Crippen LogP contribution < -0.4 is 0 Å². The molecular weight excluding hydrogens is 240 g/mol. The highest BCUT2D eigenvalue weighted by Crippen LogP contribution is 2.27. The monoisotopic (exact) mass is 264 g/mol. The van der Waals surface area contributed by atoms with Crippen molar-refractivity contribution >= 4 is 5.97 Å². The smallest absolute Gasteiger partial charge is 0.305 e. The summed E-state index contributed by atoms with van der Waals surface area (Å²) in [6, 6.07) is 4.39. The summed E-state index contributed by atoms with van der Waals surface area (Å²) in [7, 11) is 0. The van der Waals surface area contributed by atoms with Crippen molar-refractivity contribution in [3.63, 3.8) is 0 Å². The third-order valence-corrected chi connectivity index (χ3v) is 3.27. The fourth-order valence-electron chi connectivity index (χ4n) is 1.99. The number of carbonyl (C=O) groups is 1. The van der Waals surface area contributed by atoms with Gasteiger partial charge in [-0.2, -0.15) is 0 Å². The van der Waals surface area contributed by atoms with Gasteiger partial charge in [0.1, 0.15) is 0 Å². The van der Waals surface area contributed by atoms with E-state index >= 15 is 0 Å². The van der Waals surface area contributed by atoms with Gasteiger partial charge in [0.05, 0.1) is 19.6 Å². The number of hydrogen-bond donors (Lipinski definition) is 1. The first-order chi connectivity index (χ1) is 8.71. The van der Waals surface area contributed by atoms with Crippen molar-refractivity contribution < 1.29 is 14.6 Å². The zero-order valence-electron chi connectivity index (χ0n) is 12.5. The van der Waals surface area contributed by atoms with E-state index in [1.165, 1.54) is 22.3 Å². The number of rotatable bonds is 5. The van der Waals surface area contributed by atoms with Gasteiger partial charge in [-0.05, 0) is 41.5 Å². The third kappa shape index (κ3) is 4.67. The highest BCUT2D eigenvalue weighted by molar-refractivity contribution is 5.66. The van der Waals surface area contributed by atoms with E-state index < -0.39 is 5.97 Å². The maximum atomic E-state index is 10.4. The second-order valence-electron chi connectivity index (χ2n) is 6.03. The van der Waals surface area contributed by atoms with Crippen molar-refractivity contribution in [3.8, 4) is 0 Å². The fourth-order valence-corrected chi connectivity index (χ4v) is 1.99. The summed E-state index contributed by atoms with van der Waals surface area (Å²) in [5.74, 6) is -0.823. The number of ether oxygens (including phenoxy) is 1. The van der Waals surface area contributed by atoms with Crippen molar-refractivity contribution in [3.05, 3.63) is 34.4 Å². The van der Waals surface area contributed by atoms with E-state index in [1.54, 1.807) is 0 Å². The van der Waals surface area contributed by atoms with Gasteiger partial charge in [0.15, 0.2) is 0 Å². The van der Waals surface area contributed by atoms with Crippen LogP contribution in [-0.2, 0) is 21.6 Å². The van der Waals surface area contributed by atoms with E-state index in [4.69, 9.17) is 9.84 Å². The molecule has 0 heterocycles. The number of benzene rings is 1. The summed E-state index contributed by atoms with van der Waals surface area (Å²) in [4.78, 5) is 10.4. The Morgan fingerprint density at radius 3 is 2.16 bits per heavy atom. The molecule has 0 radical (unpaired) electrons. The fraction of sp³-hybridized carbons (Fsp3) is 0.562. The molecule has 1 N–H and O–H groups in total. The second kappa shape index (κ2) is 6.20. The Morgan fingerprint density at radius 2 is 1.74 bits per heavy atom. The van der Waals surface area contributed by atoms with Crippen LogP contribution in [-0.4, -0.2) is 17.7 Å². The molecule has 106 valence electrons. The molecule has 0 aliphatic heterocycles. The van der Waals surface area contributed by atoms with E-state index in [0.717, 1.165) is 0 Å². The van der Waals surface area contributed by atoms with Crippen LogP contribution in [0.5, 0.6) is 0 Å². The molecule has 1 rings (SSSR count). The maximum Gasteiger partial charge on any atom is 0.305 e. The van der Waals surface area contributed by atoms with Crippen LogP contribution in [0.2, 0.25) is 0 Å². The quantitative estimate of drug-likeness (QED) is 0.827. The summed E-state index contributed by atoms with van der Waals surface area (Å²) < 4.78 is 5.44. The highest BCUT2D eigenvalue weighted by Gasteiger charge is 2.16. The summed E-state index contributed by atoms with van der Waals surface area (Å²) in [6.45, 7) is 11.5. The number of aliphatic carboxylic acids is 1. The summed E-state index contributed by atoms with van der Waals surface area (Å²) in [5, 5.41) is 8.57. The van der Waals surface area contributed by atoms with Gasteiger partial charge in [0.2, 0.25) is 0 Å². The van der Waals surface area contributed by atoms with Crippen LogP contribution in [0.3, 0.4) is 0 Å². The van der Waals surface area contributed by atoms with Crippen LogP contribution >= 0.6 is 0 Å². The predicted molar refractivity (Wildman–Crippen MR) is 76.5 cm³/mol. The minimum atomic E-state index is -0.823. The SMILES string of the molecule is Cc1cc(C(C)(C)C)cc(C)c1COCCC(=O)O. The highest BCUT2D eigenvalue weighted by atomic mass is 16.5. The molecule has 0 unspecified atom stereocenters. The molecule has 0 fully saturated rings. The lowest BCUT2D eigenvalue weighted by atomic mass is 9.84. The van der Waals surface area contributed by atoms with Gasteiger partial charge >= 0.3 is 5.97 Å². The molecule has 1 aromatic rings. The van der Waals surface area contributed by atoms with Gasteiger partial charge in [0.25, 0.3) is 0 Å². The first kappa shape index (κ1) is 15.7. The standard InChI is InChI=1S/C16H24O3/c1-11-8-13(16(3,4)5)9-12(2)14(11)10-19-7-6-15(17)18/h8-9H,6-7,10H2,1-5H3,(H,17,18). The lowest BCUT2D eigenvalue weighted by Gasteiger charge is -2.22. The van der Waals surface area contributed by atoms with E-state index in [2.05, 4.69) is 46.8 Å². The van der Waals surface area contributed by atoms with E-state index in [-0.39, 0.29) is 18.4 Å². The molecule has 0 aliphatic rings. The topological polar surface area (TPSA) is 46.5 Å². The lowest BCUT2D eigenvalue weighted by molar-refractivity contribution is -0.138. The van der Waals surface area contributed by atoms with Gasteiger partial charge in [-0.25, -0.2) is 0 Å². The van der Waals surface area contributed by atoms with Crippen LogP contribution in [0.15, 0.2) is 12.1 Å². The number of hydrogen-bond acceptors (Lipinski definition) is 2. The van der Waals surface area contributed by atoms with Crippen molar-refractivity contribution in [2.24, 2.45) is 0 Å². The molecule has 0 bridgehead atoms. The van der Waals surface area contributed by atoms with Crippen LogP contribution in [0.4, 0.5) is 0 Å². The van der Waals surface area contributed by atoms with Crippen molar-refractivity contribution in [1.82, 2.24) is 0 Å². The van der Waals surface area contributed by atoms with Gasteiger partial charge in [-0.1, -0.05) is 32.9 Å². The Morgan fingerprint density at radius 1 is 1.21 bits per heavy atom. The number of carboxylic acid groups (broad SMARTS) is 1. The first-order valence-electron chi connectivity index (χ1n) is 6.62. The van der Waals surface area contributed by atoms with Crippen LogP contribution in [0, 0.1) is 13.8 Å². The average Bonchev–Trinajstić information content (AvgIpc) is 2.25. The first-order valence-corrected chi connectivity index (χ1v) is 6.62. The predicted octanol–water partition coefficient (Wildman–Crippen LogP) is 3.59. The maximum absolute atomic E-state index is 10.4. The normalized spacial score (nSPS) is 11.6.